The van der Waals surface area contributed by atoms with Crippen LogP contribution >= 0.6 is 0 Å². The van der Waals surface area contributed by atoms with Crippen molar-refractivity contribution in [2.75, 3.05) is 13.7 Å². The molecule has 0 unspecified atom stereocenters. The van der Waals surface area contributed by atoms with Crippen molar-refractivity contribution in [3.05, 3.63) is 46.1 Å². The monoisotopic (exact) mass is 370 g/mol. The first kappa shape index (κ1) is 19.9. The molecule has 0 bridgehead atoms. The number of nitrogens with zero attached hydrogens (tertiary/aromatic N) is 3. The van der Waals surface area contributed by atoms with Crippen LogP contribution in [0.2, 0.25) is 0 Å². The van der Waals surface area contributed by atoms with Gasteiger partial charge in [0.15, 0.2) is 6.29 Å². The molecule has 3 N–H and O–H groups in total. The summed E-state index contributed by atoms with van der Waals surface area (Å²) in [7, 11) is 1.14. The smallest absolute Gasteiger partial charge is 0.407 e. The molecule has 5 atom stereocenters. The number of halogens is 1. The van der Waals surface area contributed by atoms with Crippen LogP contribution in [0.5, 0.6) is 0 Å². The average molecular weight is 370 g/mol. The maximum absolute atomic E-state index is 13.0. The van der Waals surface area contributed by atoms with Gasteiger partial charge in [0.2, 0.25) is 0 Å². The van der Waals surface area contributed by atoms with Gasteiger partial charge in [-0.2, -0.15) is 0 Å². The lowest BCUT2D eigenvalue weighted by Gasteiger charge is -2.42. The minimum atomic E-state index is -1.39. The Kier molecular flexibility index (Phi) is 7.13. The van der Waals surface area contributed by atoms with E-state index in [1.807, 2.05) is 0 Å². The van der Waals surface area contributed by atoms with Crippen LogP contribution < -0.4 is 5.32 Å². The van der Waals surface area contributed by atoms with Crippen LogP contribution in [0.25, 0.3) is 10.4 Å². The zero-order chi connectivity index (χ0) is 19.1. The van der Waals surface area contributed by atoms with Crippen LogP contribution in [-0.2, 0) is 20.8 Å². The standard InChI is InChI=1S/C15H19FN4O6/c1-24-15(23)18-12-13(22)11(19-20-17)10(6-21)26-14(12)25-7-8-2-4-9(16)5-3-8/h2-5,10-14,21-22H,6-7H2,1H3,(H,18,23)/t10-,11+,12-,13+,14-/m1/s1. The normalized spacial score (nSPS) is 28.1. The first-order chi connectivity index (χ1) is 12.5. The molecule has 0 spiro atoms. The van der Waals surface area contributed by atoms with Gasteiger partial charge in [-0.25, -0.2) is 9.18 Å². The fourth-order valence-electron chi connectivity index (χ4n) is 2.53. The molecule has 1 saturated heterocycles. The van der Waals surface area contributed by atoms with E-state index in [4.69, 9.17) is 15.0 Å². The summed E-state index contributed by atoms with van der Waals surface area (Å²) < 4.78 is 28.6. The molecular formula is C15H19FN4O6. The summed E-state index contributed by atoms with van der Waals surface area (Å²) >= 11 is 0. The fourth-order valence-corrected chi connectivity index (χ4v) is 2.53. The van der Waals surface area contributed by atoms with Crippen LogP contribution in [0.1, 0.15) is 5.56 Å². The van der Waals surface area contributed by atoms with Crippen LogP contribution in [0.4, 0.5) is 9.18 Å². The number of hydrogen-bond acceptors (Lipinski definition) is 7. The molecule has 11 heteroatoms. The Bertz CT molecular complexity index is 654. The summed E-state index contributed by atoms with van der Waals surface area (Å²) in [6, 6.07) is 3.26. The molecule has 1 amide bonds. The molecular weight excluding hydrogens is 351 g/mol. The Morgan fingerprint density at radius 1 is 1.46 bits per heavy atom. The molecule has 1 aromatic rings. The van der Waals surface area contributed by atoms with Crippen molar-refractivity contribution in [2.24, 2.45) is 5.11 Å². The largest absolute Gasteiger partial charge is 0.453 e. The lowest BCUT2D eigenvalue weighted by Crippen LogP contribution is -2.64. The number of nitrogens with one attached hydrogen (secondary N) is 1. The SMILES string of the molecule is COC(=O)N[C@H]1[C@H](OCc2ccc(F)cc2)O[C@H](CO)[C@H](N=[N+]=[N-])[C@@H]1O. The molecule has 1 aromatic carbocycles. The minimum Gasteiger partial charge on any atom is -0.453 e. The maximum atomic E-state index is 13.0. The van der Waals surface area contributed by atoms with E-state index in [-0.39, 0.29) is 6.61 Å². The lowest BCUT2D eigenvalue weighted by atomic mass is 9.95. The third kappa shape index (κ3) is 4.81. The fraction of sp³-hybridized carbons (Fsp3) is 0.533. The Hall–Kier alpha value is -2.43. The molecule has 142 valence electrons. The molecule has 1 aliphatic rings. The summed E-state index contributed by atoms with van der Waals surface area (Å²) in [5.74, 6) is -0.402. The van der Waals surface area contributed by atoms with Gasteiger partial charge in [-0.05, 0) is 23.2 Å². The number of benzene rings is 1. The summed E-state index contributed by atoms with van der Waals surface area (Å²) in [6.45, 7) is -0.552. The first-order valence-electron chi connectivity index (χ1n) is 7.69. The highest BCUT2D eigenvalue weighted by molar-refractivity contribution is 5.67. The van der Waals surface area contributed by atoms with Crippen LogP contribution in [0.15, 0.2) is 29.4 Å². The van der Waals surface area contributed by atoms with Crippen molar-refractivity contribution in [1.29, 1.82) is 0 Å². The van der Waals surface area contributed by atoms with Crippen molar-refractivity contribution >= 4 is 6.09 Å². The second-order valence-corrected chi connectivity index (χ2v) is 5.51. The van der Waals surface area contributed by atoms with Gasteiger partial charge in [0.05, 0.1) is 38.6 Å². The van der Waals surface area contributed by atoms with E-state index >= 15 is 0 Å². The Morgan fingerprint density at radius 2 is 2.15 bits per heavy atom. The Balaban J connectivity index is 2.16. The highest BCUT2D eigenvalue weighted by Gasteiger charge is 2.46. The molecule has 26 heavy (non-hydrogen) atoms. The van der Waals surface area contributed by atoms with Crippen molar-refractivity contribution in [2.45, 2.75) is 37.2 Å². The Morgan fingerprint density at radius 3 is 2.73 bits per heavy atom. The van der Waals surface area contributed by atoms with E-state index in [9.17, 15) is 19.4 Å². The Labute approximate surface area is 148 Å². The number of hydrogen-bond donors (Lipinski definition) is 3. The number of rotatable bonds is 6. The summed E-state index contributed by atoms with van der Waals surface area (Å²) in [5, 5.41) is 25.7. The van der Waals surface area contributed by atoms with Crippen LogP contribution in [-0.4, -0.2) is 60.6 Å². The van der Waals surface area contributed by atoms with Crippen LogP contribution in [0, 0.1) is 5.82 Å². The maximum Gasteiger partial charge on any atom is 0.407 e. The predicted molar refractivity (Wildman–Crippen MR) is 85.2 cm³/mol. The minimum absolute atomic E-state index is 0.0125. The summed E-state index contributed by atoms with van der Waals surface area (Å²) in [4.78, 5) is 14.2. The van der Waals surface area contributed by atoms with E-state index in [2.05, 4.69) is 20.1 Å². The summed E-state index contributed by atoms with van der Waals surface area (Å²) in [5.41, 5.74) is 9.26. The van der Waals surface area contributed by atoms with Crippen molar-refractivity contribution in [1.82, 2.24) is 5.32 Å². The van der Waals surface area contributed by atoms with Crippen molar-refractivity contribution in [3.8, 4) is 0 Å². The van der Waals surface area contributed by atoms with Crippen molar-refractivity contribution < 1.29 is 33.6 Å². The molecule has 10 nitrogen and oxygen atoms in total. The highest BCUT2D eigenvalue weighted by Crippen LogP contribution is 2.25. The number of carbonyl (C=O) groups excluding carboxylic acids is 1. The molecule has 0 radical (unpaired) electrons. The zero-order valence-corrected chi connectivity index (χ0v) is 13.9. The number of carbonyl (C=O) groups is 1. The number of alkyl carbamates (subject to hydrolysis) is 1. The quantitative estimate of drug-likeness (QED) is 0.384. The number of aliphatic hydroxyl groups excluding tert-OH is 2. The van der Waals surface area contributed by atoms with Crippen molar-refractivity contribution in [3.63, 3.8) is 0 Å². The topological polar surface area (TPSA) is 146 Å². The second-order valence-electron chi connectivity index (χ2n) is 5.51. The molecule has 2 rings (SSSR count). The first-order valence-corrected chi connectivity index (χ1v) is 7.69. The molecule has 0 aliphatic carbocycles. The lowest BCUT2D eigenvalue weighted by molar-refractivity contribution is -0.246. The van der Waals surface area contributed by atoms with E-state index in [1.54, 1.807) is 0 Å². The zero-order valence-electron chi connectivity index (χ0n) is 13.9. The van der Waals surface area contributed by atoms with Gasteiger partial charge in [0.25, 0.3) is 0 Å². The van der Waals surface area contributed by atoms with Gasteiger partial charge < -0.3 is 29.7 Å². The molecule has 1 aliphatic heterocycles. The van der Waals surface area contributed by atoms with E-state index in [0.717, 1.165) is 7.11 Å². The number of aliphatic hydroxyl groups is 2. The summed E-state index contributed by atoms with van der Waals surface area (Å²) in [6.07, 6.45) is -4.45. The number of amides is 1. The number of azide groups is 1. The van der Waals surface area contributed by atoms with E-state index in [1.165, 1.54) is 24.3 Å². The molecule has 1 heterocycles. The average Bonchev–Trinajstić information content (AvgIpc) is 2.65. The number of ether oxygens (including phenoxy) is 3. The highest BCUT2D eigenvalue weighted by atomic mass is 19.1. The van der Waals surface area contributed by atoms with Crippen LogP contribution in [0.3, 0.4) is 0 Å². The third-order valence-corrected chi connectivity index (χ3v) is 3.86. The van der Waals surface area contributed by atoms with Gasteiger partial charge in [0, 0.05) is 4.91 Å². The van der Waals surface area contributed by atoms with Gasteiger partial charge in [-0.15, -0.1) is 0 Å². The predicted octanol–water partition coefficient (Wildman–Crippen LogP) is 0.824. The molecule has 0 aromatic heterocycles. The molecule has 0 saturated carbocycles. The van der Waals surface area contributed by atoms with E-state index < -0.39 is 49.1 Å². The van der Waals surface area contributed by atoms with E-state index in [0.29, 0.717) is 5.56 Å². The van der Waals surface area contributed by atoms with Gasteiger partial charge in [-0.3, -0.25) is 0 Å². The van der Waals surface area contributed by atoms with Gasteiger partial charge in [-0.1, -0.05) is 17.2 Å². The molecule has 1 fully saturated rings. The van der Waals surface area contributed by atoms with Gasteiger partial charge in [0.1, 0.15) is 11.9 Å². The third-order valence-electron chi connectivity index (χ3n) is 3.86. The van der Waals surface area contributed by atoms with Gasteiger partial charge >= 0.3 is 6.09 Å². The number of methoxy groups -OCH3 is 1. The second kappa shape index (κ2) is 9.32.